The van der Waals surface area contributed by atoms with Crippen LogP contribution in [0.4, 0.5) is 0 Å². The molecule has 2 aromatic rings. The third kappa shape index (κ3) is 2.29. The van der Waals surface area contributed by atoms with E-state index in [4.69, 9.17) is 29.7 Å². The summed E-state index contributed by atoms with van der Waals surface area (Å²) in [5.41, 5.74) is 7.89. The molecule has 0 radical (unpaired) electrons. The Morgan fingerprint density at radius 3 is 2.67 bits per heavy atom. The van der Waals surface area contributed by atoms with Crippen LogP contribution >= 0.6 is 12.4 Å². The van der Waals surface area contributed by atoms with Crippen LogP contribution in [0.1, 0.15) is 30.4 Å². The molecular weight excluding hydrogens is 408 g/mol. The Morgan fingerprint density at radius 1 is 1.23 bits per heavy atom. The van der Waals surface area contributed by atoms with Crippen LogP contribution in [0.25, 0.3) is 5.69 Å². The summed E-state index contributed by atoms with van der Waals surface area (Å²) in [6.45, 7) is 2.15. The molecule has 30 heavy (non-hydrogen) atoms. The molecular formula is C21H25ClN4O4. The molecule has 6 rings (SSSR count). The van der Waals surface area contributed by atoms with Gasteiger partial charge in [0.05, 0.1) is 37.1 Å². The van der Waals surface area contributed by atoms with E-state index in [1.54, 1.807) is 7.11 Å². The molecule has 3 aliphatic heterocycles. The largest absolute Gasteiger partial charge is 0.486 e. The fourth-order valence-corrected chi connectivity index (χ4v) is 5.46. The molecule has 3 spiro atoms. The van der Waals surface area contributed by atoms with Gasteiger partial charge < -0.3 is 24.7 Å². The van der Waals surface area contributed by atoms with Gasteiger partial charge in [-0.15, -0.1) is 12.4 Å². The van der Waals surface area contributed by atoms with Crippen molar-refractivity contribution in [2.45, 2.75) is 37.0 Å². The third-order valence-corrected chi connectivity index (χ3v) is 7.18. The summed E-state index contributed by atoms with van der Waals surface area (Å²) >= 11 is 0. The summed E-state index contributed by atoms with van der Waals surface area (Å²) < 4.78 is 25.2. The predicted octanol–water partition coefficient (Wildman–Crippen LogP) is 2.31. The van der Waals surface area contributed by atoms with Gasteiger partial charge in [-0.2, -0.15) is 5.10 Å². The number of ether oxygens (including phenoxy) is 4. The van der Waals surface area contributed by atoms with Gasteiger partial charge >= 0.3 is 0 Å². The van der Waals surface area contributed by atoms with Crippen LogP contribution in [-0.4, -0.2) is 48.3 Å². The van der Waals surface area contributed by atoms with Crippen molar-refractivity contribution < 1.29 is 18.9 Å². The van der Waals surface area contributed by atoms with E-state index >= 15 is 0 Å². The Bertz CT molecular complexity index is 1010. The van der Waals surface area contributed by atoms with Gasteiger partial charge in [-0.25, -0.2) is 9.67 Å². The second-order valence-corrected chi connectivity index (χ2v) is 8.53. The number of methoxy groups -OCH3 is 1. The van der Waals surface area contributed by atoms with Gasteiger partial charge in [0.1, 0.15) is 23.5 Å². The molecule has 4 heterocycles. The summed E-state index contributed by atoms with van der Waals surface area (Å²) in [6.07, 6.45) is 6.96. The molecule has 160 valence electrons. The van der Waals surface area contributed by atoms with Gasteiger partial charge in [-0.1, -0.05) is 0 Å². The van der Waals surface area contributed by atoms with Gasteiger partial charge in [0.25, 0.3) is 6.02 Å². The van der Waals surface area contributed by atoms with Crippen LogP contribution in [0.5, 0.6) is 5.75 Å². The average Bonchev–Trinajstić information content (AvgIpc) is 3.27. The zero-order valence-corrected chi connectivity index (χ0v) is 17.6. The fraction of sp³-hybridized carbons (Fsp3) is 0.524. The Balaban J connectivity index is 0.00000193. The number of halogens is 1. The fourth-order valence-electron chi connectivity index (χ4n) is 5.46. The normalized spacial score (nSPS) is 26.8. The Labute approximate surface area is 180 Å². The topological polar surface area (TPSA) is 93.1 Å². The molecule has 1 aromatic heterocycles. The van der Waals surface area contributed by atoms with E-state index in [2.05, 4.69) is 11.2 Å². The highest BCUT2D eigenvalue weighted by Gasteiger charge is 2.75. The number of aromatic nitrogens is 2. The first kappa shape index (κ1) is 19.7. The van der Waals surface area contributed by atoms with Crippen LogP contribution in [-0.2, 0) is 26.4 Å². The number of hydrogen-bond donors (Lipinski definition) is 1. The minimum Gasteiger partial charge on any atom is -0.486 e. The number of benzene rings is 1. The van der Waals surface area contributed by atoms with Crippen LogP contribution in [0.15, 0.2) is 35.6 Å². The second-order valence-electron chi connectivity index (χ2n) is 8.53. The molecule has 0 bridgehead atoms. The van der Waals surface area contributed by atoms with Crippen LogP contribution in [0.3, 0.4) is 0 Å². The molecule has 9 heteroatoms. The predicted molar refractivity (Wildman–Crippen MR) is 111 cm³/mol. The van der Waals surface area contributed by atoms with Gasteiger partial charge in [-0.3, -0.25) is 0 Å². The first-order valence-corrected chi connectivity index (χ1v) is 10.0. The van der Waals surface area contributed by atoms with Gasteiger partial charge in [0.2, 0.25) is 0 Å². The SMILES string of the molecule is COCc1cnn(-c2ccc3c(c2)C2(COC(N)=N2)C2(COC2)C2(CCC2)O3)c1.Cl. The van der Waals surface area contributed by atoms with Crippen molar-refractivity contribution in [3.05, 3.63) is 41.7 Å². The number of nitrogens with two attached hydrogens (primary N) is 1. The minimum absolute atomic E-state index is 0. The zero-order valence-electron chi connectivity index (χ0n) is 16.8. The molecule has 1 saturated carbocycles. The summed E-state index contributed by atoms with van der Waals surface area (Å²) in [6, 6.07) is 6.41. The maximum absolute atomic E-state index is 6.67. The van der Waals surface area contributed by atoms with Crippen molar-refractivity contribution in [1.82, 2.24) is 9.78 Å². The lowest BCUT2D eigenvalue weighted by atomic mass is 9.49. The maximum Gasteiger partial charge on any atom is 0.283 e. The third-order valence-electron chi connectivity index (χ3n) is 7.18. The Hall–Kier alpha value is -2.29. The minimum atomic E-state index is -0.595. The molecule has 2 fully saturated rings. The van der Waals surface area contributed by atoms with E-state index in [-0.39, 0.29) is 29.4 Å². The van der Waals surface area contributed by atoms with Crippen molar-refractivity contribution in [3.63, 3.8) is 0 Å². The first-order chi connectivity index (χ1) is 14.1. The van der Waals surface area contributed by atoms with Crippen LogP contribution < -0.4 is 10.5 Å². The van der Waals surface area contributed by atoms with Crippen molar-refractivity contribution in [2.75, 3.05) is 26.9 Å². The second kappa shape index (κ2) is 6.60. The number of amidine groups is 1. The highest BCUT2D eigenvalue weighted by atomic mass is 35.5. The highest BCUT2D eigenvalue weighted by molar-refractivity contribution is 5.85. The molecule has 4 aliphatic rings. The van der Waals surface area contributed by atoms with Crippen LogP contribution in [0.2, 0.25) is 0 Å². The van der Waals surface area contributed by atoms with Gasteiger partial charge in [0, 0.05) is 24.4 Å². The molecule has 1 saturated heterocycles. The van der Waals surface area contributed by atoms with Gasteiger partial charge in [0.15, 0.2) is 0 Å². The van der Waals surface area contributed by atoms with E-state index in [9.17, 15) is 0 Å². The smallest absolute Gasteiger partial charge is 0.283 e. The molecule has 2 N–H and O–H groups in total. The standard InChI is InChI=1S/C21H24N4O4.ClH/c1-26-10-14-8-23-25(9-14)15-3-4-17-16(7-15)21(13-28-18(22)24-21)19(11-27-12-19)20(29-17)5-2-6-20;/h3-4,7-9H,2,5-6,10-13H2,1H3,(H2,22,24);1H. The quantitative estimate of drug-likeness (QED) is 0.800. The number of aliphatic imine (C=N–C) groups is 1. The molecule has 1 aliphatic carbocycles. The Kier molecular flexibility index (Phi) is 4.33. The number of nitrogens with zero attached hydrogens (tertiary/aromatic N) is 3. The van der Waals surface area contributed by atoms with Crippen molar-refractivity contribution >= 4 is 18.4 Å². The molecule has 1 atom stereocenters. The molecule has 1 aromatic carbocycles. The summed E-state index contributed by atoms with van der Waals surface area (Å²) in [7, 11) is 1.68. The number of hydrogen-bond acceptors (Lipinski definition) is 7. The van der Waals surface area contributed by atoms with E-state index < -0.39 is 5.54 Å². The summed E-state index contributed by atoms with van der Waals surface area (Å²) in [5.74, 6) is 0.859. The summed E-state index contributed by atoms with van der Waals surface area (Å²) in [4.78, 5) is 4.91. The lowest BCUT2D eigenvalue weighted by molar-refractivity contribution is -0.281. The molecule has 1 unspecified atom stereocenters. The van der Waals surface area contributed by atoms with Crippen molar-refractivity contribution in [2.24, 2.45) is 16.1 Å². The van der Waals surface area contributed by atoms with E-state index in [1.807, 2.05) is 29.2 Å². The van der Waals surface area contributed by atoms with Crippen molar-refractivity contribution in [1.29, 1.82) is 0 Å². The summed E-state index contributed by atoms with van der Waals surface area (Å²) in [5, 5.41) is 4.49. The average molecular weight is 433 g/mol. The number of fused-ring (bicyclic) bond motifs is 4. The maximum atomic E-state index is 6.67. The Morgan fingerprint density at radius 2 is 2.07 bits per heavy atom. The highest BCUT2D eigenvalue weighted by Crippen LogP contribution is 2.67. The lowest BCUT2D eigenvalue weighted by Crippen LogP contribution is -2.75. The molecule has 8 nitrogen and oxygen atoms in total. The lowest BCUT2D eigenvalue weighted by Gasteiger charge is -2.66. The van der Waals surface area contributed by atoms with E-state index in [0.717, 1.165) is 41.8 Å². The van der Waals surface area contributed by atoms with E-state index in [0.29, 0.717) is 26.4 Å². The molecule has 0 amide bonds. The zero-order chi connectivity index (χ0) is 19.7. The monoisotopic (exact) mass is 432 g/mol. The number of rotatable bonds is 3. The van der Waals surface area contributed by atoms with Crippen LogP contribution in [0, 0.1) is 5.41 Å². The van der Waals surface area contributed by atoms with E-state index in [1.165, 1.54) is 0 Å². The van der Waals surface area contributed by atoms with Crippen molar-refractivity contribution in [3.8, 4) is 11.4 Å². The first-order valence-electron chi connectivity index (χ1n) is 10.0. The van der Waals surface area contributed by atoms with Gasteiger partial charge in [-0.05, 0) is 37.5 Å².